The quantitative estimate of drug-likeness (QED) is 0.838. The Morgan fingerprint density at radius 1 is 1.42 bits per heavy atom. The topological polar surface area (TPSA) is 87.2 Å². The van der Waals surface area contributed by atoms with Crippen LogP contribution >= 0.6 is 11.3 Å². The molecule has 7 heteroatoms. The van der Waals surface area contributed by atoms with Gasteiger partial charge in [0, 0.05) is 10.6 Å². The van der Waals surface area contributed by atoms with Gasteiger partial charge < -0.3 is 4.98 Å². The number of hydrogen-bond acceptors (Lipinski definition) is 5. The molecule has 0 radical (unpaired) electrons. The number of aryl methyl sites for hydroxylation is 2. The van der Waals surface area contributed by atoms with E-state index in [-0.39, 0.29) is 17.9 Å². The number of nitrogens with zero attached hydrogens (tertiary/aromatic N) is 2. The van der Waals surface area contributed by atoms with E-state index < -0.39 is 0 Å². The molecule has 128 valence electrons. The summed E-state index contributed by atoms with van der Waals surface area (Å²) in [6.45, 7) is 6.02. The number of thiophene rings is 1. The summed E-state index contributed by atoms with van der Waals surface area (Å²) in [5.74, 6) is 0.543. The summed E-state index contributed by atoms with van der Waals surface area (Å²) in [5.41, 5.74) is 4.43. The molecule has 1 atom stereocenters. The highest BCUT2D eigenvalue weighted by Gasteiger charge is 2.17. The van der Waals surface area contributed by atoms with Gasteiger partial charge in [-0.05, 0) is 44.6 Å². The molecule has 0 bridgehead atoms. The van der Waals surface area contributed by atoms with E-state index in [4.69, 9.17) is 0 Å². The van der Waals surface area contributed by atoms with Gasteiger partial charge >= 0.3 is 0 Å². The van der Waals surface area contributed by atoms with E-state index >= 15 is 0 Å². The highest BCUT2D eigenvalue weighted by molar-refractivity contribution is 7.18. The van der Waals surface area contributed by atoms with Crippen molar-refractivity contribution in [2.75, 3.05) is 0 Å². The number of hydrazone groups is 1. The highest BCUT2D eigenvalue weighted by atomic mass is 32.1. The van der Waals surface area contributed by atoms with Gasteiger partial charge in [0.1, 0.15) is 10.7 Å². The van der Waals surface area contributed by atoms with Gasteiger partial charge in [-0.25, -0.2) is 10.4 Å². The van der Waals surface area contributed by atoms with Crippen molar-refractivity contribution in [3.8, 4) is 0 Å². The molecule has 2 N–H and O–H groups in total. The second kappa shape index (κ2) is 6.84. The number of carbonyl (C=O) groups excluding carboxylic acids is 1. The van der Waals surface area contributed by atoms with Gasteiger partial charge in [0.05, 0.1) is 11.8 Å². The molecule has 24 heavy (non-hydrogen) atoms. The first-order valence-electron chi connectivity index (χ1n) is 8.30. The van der Waals surface area contributed by atoms with Crippen LogP contribution in [-0.2, 0) is 11.2 Å². The number of carbonyl (C=O) groups is 1. The molecule has 3 rings (SSSR count). The van der Waals surface area contributed by atoms with Gasteiger partial charge in [0.15, 0.2) is 0 Å². The maximum absolute atomic E-state index is 12.2. The number of amides is 1. The predicted molar refractivity (Wildman–Crippen MR) is 96.6 cm³/mol. The summed E-state index contributed by atoms with van der Waals surface area (Å²) >= 11 is 1.48. The van der Waals surface area contributed by atoms with Crippen molar-refractivity contribution < 1.29 is 4.79 Å². The van der Waals surface area contributed by atoms with Gasteiger partial charge in [-0.1, -0.05) is 13.3 Å². The average molecular weight is 346 g/mol. The Balaban J connectivity index is 1.74. The number of nitrogens with one attached hydrogen (secondary N) is 2. The van der Waals surface area contributed by atoms with Crippen LogP contribution in [0.4, 0.5) is 0 Å². The number of fused-ring (bicyclic) bond motifs is 1. The first-order valence-corrected chi connectivity index (χ1v) is 9.11. The molecule has 1 amide bonds. The van der Waals surface area contributed by atoms with E-state index in [0.717, 1.165) is 35.4 Å². The largest absolute Gasteiger partial charge is 0.309 e. The fraction of sp³-hybridized carbons (Fsp3) is 0.529. The Morgan fingerprint density at radius 2 is 2.21 bits per heavy atom. The van der Waals surface area contributed by atoms with Crippen LogP contribution in [0.5, 0.6) is 0 Å². The Labute approximate surface area is 144 Å². The summed E-state index contributed by atoms with van der Waals surface area (Å²) in [5, 5.41) is 4.89. The Kier molecular flexibility index (Phi) is 4.80. The van der Waals surface area contributed by atoms with Gasteiger partial charge in [-0.3, -0.25) is 9.59 Å². The molecule has 0 aromatic carbocycles. The van der Waals surface area contributed by atoms with Crippen LogP contribution in [0.25, 0.3) is 10.2 Å². The van der Waals surface area contributed by atoms with Crippen molar-refractivity contribution in [3.63, 3.8) is 0 Å². The fourth-order valence-corrected chi connectivity index (χ4v) is 4.09. The van der Waals surface area contributed by atoms with Crippen molar-refractivity contribution in [3.05, 3.63) is 26.6 Å². The van der Waals surface area contributed by atoms with Crippen molar-refractivity contribution >= 4 is 33.2 Å². The molecule has 2 aromatic rings. The minimum Gasteiger partial charge on any atom is -0.309 e. The van der Waals surface area contributed by atoms with Crippen LogP contribution in [0.3, 0.4) is 0 Å². The number of hydrogen-bond donors (Lipinski definition) is 2. The minimum absolute atomic E-state index is 0.0202. The molecule has 1 saturated carbocycles. The van der Waals surface area contributed by atoms with Crippen molar-refractivity contribution in [1.82, 2.24) is 15.4 Å². The van der Waals surface area contributed by atoms with Crippen molar-refractivity contribution in [2.24, 2.45) is 11.0 Å². The summed E-state index contributed by atoms with van der Waals surface area (Å²) < 4.78 is 0. The molecule has 1 fully saturated rings. The zero-order valence-corrected chi connectivity index (χ0v) is 15.0. The van der Waals surface area contributed by atoms with Gasteiger partial charge in [-0.2, -0.15) is 5.10 Å². The van der Waals surface area contributed by atoms with Crippen LogP contribution < -0.4 is 11.0 Å². The SMILES string of the molecule is Cc1sc2nc(CC(=O)NN=C3CCCC[C@@H]3C)[nH]c(=O)c2c1C. The third kappa shape index (κ3) is 3.40. The standard InChI is InChI=1S/C17H22N4O2S/c1-9-6-4-5-7-12(9)20-21-14(22)8-13-18-16(23)15-10(2)11(3)24-17(15)19-13/h9H,4-8H2,1-3H3,(H,21,22)(H,18,19,23)/t9-/m0/s1. The summed E-state index contributed by atoms with van der Waals surface area (Å²) in [6, 6.07) is 0. The van der Waals surface area contributed by atoms with Gasteiger partial charge in [-0.15, -0.1) is 11.3 Å². The van der Waals surface area contributed by atoms with Crippen LogP contribution in [0.1, 0.15) is 48.9 Å². The summed E-state index contributed by atoms with van der Waals surface area (Å²) in [7, 11) is 0. The lowest BCUT2D eigenvalue weighted by atomic mass is 9.89. The molecular weight excluding hydrogens is 324 g/mol. The van der Waals surface area contributed by atoms with Crippen LogP contribution in [0.2, 0.25) is 0 Å². The van der Waals surface area contributed by atoms with E-state index in [1.54, 1.807) is 0 Å². The first kappa shape index (κ1) is 16.8. The molecule has 1 aliphatic carbocycles. The van der Waals surface area contributed by atoms with E-state index in [0.29, 0.717) is 22.0 Å². The van der Waals surface area contributed by atoms with Crippen molar-refractivity contribution in [1.29, 1.82) is 0 Å². The predicted octanol–water partition coefficient (Wildman–Crippen LogP) is 2.83. The van der Waals surface area contributed by atoms with Crippen LogP contribution in [-0.4, -0.2) is 21.6 Å². The zero-order valence-electron chi connectivity index (χ0n) is 14.2. The molecule has 0 saturated heterocycles. The molecule has 0 spiro atoms. The van der Waals surface area contributed by atoms with E-state index in [1.165, 1.54) is 17.8 Å². The molecule has 6 nitrogen and oxygen atoms in total. The molecule has 2 heterocycles. The Bertz CT molecular complexity index is 865. The molecule has 2 aromatic heterocycles. The van der Waals surface area contributed by atoms with Gasteiger partial charge in [0.2, 0.25) is 5.91 Å². The number of rotatable bonds is 3. The maximum Gasteiger partial charge on any atom is 0.259 e. The lowest BCUT2D eigenvalue weighted by molar-refractivity contribution is -0.120. The van der Waals surface area contributed by atoms with Gasteiger partial charge in [0.25, 0.3) is 5.56 Å². The Hall–Kier alpha value is -2.02. The third-order valence-electron chi connectivity index (χ3n) is 4.63. The lowest BCUT2D eigenvalue weighted by Gasteiger charge is -2.19. The maximum atomic E-state index is 12.2. The minimum atomic E-state index is -0.257. The fourth-order valence-electron chi connectivity index (χ4n) is 3.04. The molecular formula is C17H22N4O2S. The van der Waals surface area contributed by atoms with E-state index in [9.17, 15) is 9.59 Å². The Morgan fingerprint density at radius 3 is 2.96 bits per heavy atom. The second-order valence-corrected chi connectivity index (χ2v) is 7.64. The number of aromatic nitrogens is 2. The van der Waals surface area contributed by atoms with E-state index in [2.05, 4.69) is 27.4 Å². The number of aromatic amines is 1. The van der Waals surface area contributed by atoms with Crippen molar-refractivity contribution in [2.45, 2.75) is 52.9 Å². The zero-order chi connectivity index (χ0) is 17.3. The molecule has 1 aliphatic rings. The first-order chi connectivity index (χ1) is 11.5. The summed E-state index contributed by atoms with van der Waals surface area (Å²) in [4.78, 5) is 33.2. The smallest absolute Gasteiger partial charge is 0.259 e. The summed E-state index contributed by atoms with van der Waals surface area (Å²) in [6.07, 6.45) is 4.43. The van der Waals surface area contributed by atoms with E-state index in [1.807, 2.05) is 13.8 Å². The lowest BCUT2D eigenvalue weighted by Crippen LogP contribution is -2.26. The third-order valence-corrected chi connectivity index (χ3v) is 5.73. The van der Waals surface area contributed by atoms with Crippen LogP contribution in [0, 0.1) is 19.8 Å². The second-order valence-electron chi connectivity index (χ2n) is 6.44. The highest BCUT2D eigenvalue weighted by Crippen LogP contribution is 2.25. The monoisotopic (exact) mass is 346 g/mol. The molecule has 0 aliphatic heterocycles. The average Bonchev–Trinajstić information content (AvgIpc) is 2.81. The number of H-pyrrole nitrogens is 1. The normalized spacial score (nSPS) is 19.8. The van der Waals surface area contributed by atoms with Crippen LogP contribution in [0.15, 0.2) is 9.90 Å². The molecule has 0 unspecified atom stereocenters.